The molecule has 0 fully saturated rings. The van der Waals surface area contributed by atoms with Gasteiger partial charge in [0.15, 0.2) is 5.75 Å². The van der Waals surface area contributed by atoms with Crippen molar-refractivity contribution in [1.29, 1.82) is 5.26 Å². The van der Waals surface area contributed by atoms with Crippen molar-refractivity contribution in [2.24, 2.45) is 0 Å². The molecule has 0 aliphatic heterocycles. The van der Waals surface area contributed by atoms with Crippen molar-refractivity contribution < 1.29 is 4.74 Å². The minimum absolute atomic E-state index is 0.135. The van der Waals surface area contributed by atoms with Crippen molar-refractivity contribution in [1.82, 2.24) is 4.98 Å². The van der Waals surface area contributed by atoms with E-state index in [2.05, 4.69) is 18.0 Å². The van der Waals surface area contributed by atoms with Gasteiger partial charge in [0.2, 0.25) is 0 Å². The smallest absolute Gasteiger partial charge is 0.155 e. The maximum atomic E-state index is 8.80. The minimum atomic E-state index is 0.135. The maximum absolute atomic E-state index is 8.80. The molecule has 0 aliphatic rings. The molecule has 0 amide bonds. The summed E-state index contributed by atoms with van der Waals surface area (Å²) in [7, 11) is 0. The first-order chi connectivity index (χ1) is 6.77. The van der Waals surface area contributed by atoms with Gasteiger partial charge in [0.1, 0.15) is 6.07 Å². The summed E-state index contributed by atoms with van der Waals surface area (Å²) in [6.45, 7) is 4.10. The summed E-state index contributed by atoms with van der Waals surface area (Å²) in [4.78, 5) is 3.93. The van der Waals surface area contributed by atoms with Crippen LogP contribution in [0.25, 0.3) is 0 Å². The summed E-state index contributed by atoms with van der Waals surface area (Å²) >= 11 is 0. The van der Waals surface area contributed by atoms with Crippen LogP contribution in [-0.4, -0.2) is 11.1 Å². The third-order valence-corrected chi connectivity index (χ3v) is 1.93. The highest BCUT2D eigenvalue weighted by molar-refractivity contribution is 5.40. The molecular weight excluding hydrogens is 176 g/mol. The van der Waals surface area contributed by atoms with Gasteiger partial charge in [0, 0.05) is 6.20 Å². The van der Waals surface area contributed by atoms with Crippen LogP contribution in [0, 0.1) is 11.3 Å². The van der Waals surface area contributed by atoms with Crippen LogP contribution in [0.1, 0.15) is 32.3 Å². The molecule has 0 bridgehead atoms. The van der Waals surface area contributed by atoms with Gasteiger partial charge in [0.25, 0.3) is 0 Å². The van der Waals surface area contributed by atoms with Crippen LogP contribution < -0.4 is 4.74 Å². The molecule has 1 heterocycles. The van der Waals surface area contributed by atoms with Gasteiger partial charge in [-0.1, -0.05) is 13.3 Å². The summed E-state index contributed by atoms with van der Waals surface area (Å²) in [5.41, 5.74) is 0.544. The second-order valence-corrected chi connectivity index (χ2v) is 3.20. The molecule has 0 radical (unpaired) electrons. The molecule has 1 aromatic rings. The fraction of sp³-hybridized carbons (Fsp3) is 0.455. The van der Waals surface area contributed by atoms with Gasteiger partial charge in [-0.2, -0.15) is 5.26 Å². The van der Waals surface area contributed by atoms with E-state index in [0.29, 0.717) is 11.3 Å². The monoisotopic (exact) mass is 190 g/mol. The first-order valence-corrected chi connectivity index (χ1v) is 4.78. The Bertz CT molecular complexity index is 330. The number of hydrogen-bond acceptors (Lipinski definition) is 3. The lowest BCUT2D eigenvalue weighted by Crippen LogP contribution is -2.11. The Morgan fingerprint density at radius 3 is 3.07 bits per heavy atom. The van der Waals surface area contributed by atoms with Gasteiger partial charge in [-0.25, -0.2) is 0 Å². The quantitative estimate of drug-likeness (QED) is 0.732. The number of rotatable bonds is 4. The first kappa shape index (κ1) is 10.5. The number of ether oxygens (including phenoxy) is 1. The molecule has 1 aromatic heterocycles. The zero-order chi connectivity index (χ0) is 10.4. The number of hydrogen-bond donors (Lipinski definition) is 0. The van der Waals surface area contributed by atoms with E-state index in [-0.39, 0.29) is 6.10 Å². The van der Waals surface area contributed by atoms with E-state index in [4.69, 9.17) is 10.00 Å². The molecule has 0 N–H and O–H groups in total. The topological polar surface area (TPSA) is 45.9 Å². The lowest BCUT2D eigenvalue weighted by atomic mass is 10.2. The van der Waals surface area contributed by atoms with Gasteiger partial charge in [-0.05, 0) is 19.4 Å². The normalized spacial score (nSPS) is 11.8. The van der Waals surface area contributed by atoms with Crippen molar-refractivity contribution in [2.75, 3.05) is 0 Å². The Balaban J connectivity index is 2.71. The largest absolute Gasteiger partial charge is 0.488 e. The molecule has 0 saturated carbocycles. The summed E-state index contributed by atoms with van der Waals surface area (Å²) in [5.74, 6) is 0.580. The molecular formula is C11H14N2O. The zero-order valence-corrected chi connectivity index (χ0v) is 8.53. The molecule has 0 spiro atoms. The Labute approximate surface area is 84.3 Å². The second kappa shape index (κ2) is 5.23. The fourth-order valence-corrected chi connectivity index (χ4v) is 1.25. The van der Waals surface area contributed by atoms with Crippen molar-refractivity contribution in [3.63, 3.8) is 0 Å². The van der Waals surface area contributed by atoms with Crippen LogP contribution in [-0.2, 0) is 0 Å². The zero-order valence-electron chi connectivity index (χ0n) is 8.53. The van der Waals surface area contributed by atoms with Crippen molar-refractivity contribution in [3.8, 4) is 11.8 Å². The Morgan fingerprint density at radius 1 is 1.64 bits per heavy atom. The number of pyridine rings is 1. The molecule has 1 rings (SSSR count). The predicted octanol–water partition coefficient (Wildman–Crippen LogP) is 2.52. The van der Waals surface area contributed by atoms with Crippen LogP contribution >= 0.6 is 0 Å². The van der Waals surface area contributed by atoms with E-state index in [1.54, 1.807) is 18.5 Å². The number of nitriles is 1. The van der Waals surface area contributed by atoms with Crippen LogP contribution in [0.4, 0.5) is 0 Å². The summed E-state index contributed by atoms with van der Waals surface area (Å²) < 4.78 is 5.59. The third-order valence-electron chi connectivity index (χ3n) is 1.93. The molecule has 74 valence electrons. The molecule has 0 saturated heterocycles. The third kappa shape index (κ3) is 2.74. The van der Waals surface area contributed by atoms with Crippen molar-refractivity contribution in [2.45, 2.75) is 32.8 Å². The Morgan fingerprint density at radius 2 is 2.43 bits per heavy atom. The second-order valence-electron chi connectivity index (χ2n) is 3.20. The highest BCUT2D eigenvalue weighted by Gasteiger charge is 2.06. The average molecular weight is 190 g/mol. The average Bonchev–Trinajstić information content (AvgIpc) is 2.19. The molecule has 3 heteroatoms. The summed E-state index contributed by atoms with van der Waals surface area (Å²) in [6.07, 6.45) is 5.38. The molecule has 1 unspecified atom stereocenters. The molecule has 0 aromatic carbocycles. The van der Waals surface area contributed by atoms with Crippen molar-refractivity contribution in [3.05, 3.63) is 24.0 Å². The lowest BCUT2D eigenvalue weighted by molar-refractivity contribution is 0.208. The van der Waals surface area contributed by atoms with E-state index in [1.807, 2.05) is 6.92 Å². The van der Waals surface area contributed by atoms with Crippen LogP contribution in [0.15, 0.2) is 18.5 Å². The van der Waals surface area contributed by atoms with Gasteiger partial charge in [0.05, 0.1) is 17.9 Å². The fourth-order valence-electron chi connectivity index (χ4n) is 1.25. The highest BCUT2D eigenvalue weighted by atomic mass is 16.5. The van der Waals surface area contributed by atoms with Crippen molar-refractivity contribution >= 4 is 0 Å². The molecule has 3 nitrogen and oxygen atoms in total. The van der Waals surface area contributed by atoms with E-state index in [1.165, 1.54) is 0 Å². The van der Waals surface area contributed by atoms with Crippen LogP contribution in [0.3, 0.4) is 0 Å². The van der Waals surface area contributed by atoms with Crippen LogP contribution in [0.5, 0.6) is 5.75 Å². The molecule has 14 heavy (non-hydrogen) atoms. The van der Waals surface area contributed by atoms with Gasteiger partial charge >= 0.3 is 0 Å². The lowest BCUT2D eigenvalue weighted by Gasteiger charge is -2.13. The minimum Gasteiger partial charge on any atom is -0.488 e. The maximum Gasteiger partial charge on any atom is 0.155 e. The SMILES string of the molecule is CCCC(C)Oc1cnccc1C#N. The summed E-state index contributed by atoms with van der Waals surface area (Å²) in [5, 5.41) is 8.80. The van der Waals surface area contributed by atoms with Gasteiger partial charge in [-0.15, -0.1) is 0 Å². The van der Waals surface area contributed by atoms with Gasteiger partial charge in [-0.3, -0.25) is 4.98 Å². The standard InChI is InChI=1S/C11H14N2O/c1-3-4-9(2)14-11-8-13-6-5-10(11)7-12/h5-6,8-9H,3-4H2,1-2H3. The number of aromatic nitrogens is 1. The highest BCUT2D eigenvalue weighted by Crippen LogP contribution is 2.17. The van der Waals surface area contributed by atoms with Gasteiger partial charge < -0.3 is 4.74 Å². The number of nitrogens with zero attached hydrogens (tertiary/aromatic N) is 2. The summed E-state index contributed by atoms with van der Waals surface area (Å²) in [6, 6.07) is 3.74. The molecule has 0 aliphatic carbocycles. The Hall–Kier alpha value is -1.56. The molecule has 1 atom stereocenters. The Kier molecular flexibility index (Phi) is 3.93. The van der Waals surface area contributed by atoms with E-state index in [9.17, 15) is 0 Å². The van der Waals surface area contributed by atoms with E-state index < -0.39 is 0 Å². The van der Waals surface area contributed by atoms with Crippen LogP contribution in [0.2, 0.25) is 0 Å². The predicted molar refractivity (Wildman–Crippen MR) is 54.0 cm³/mol. The van der Waals surface area contributed by atoms with E-state index in [0.717, 1.165) is 12.8 Å². The first-order valence-electron chi connectivity index (χ1n) is 4.78. The van der Waals surface area contributed by atoms with E-state index >= 15 is 0 Å².